The highest BCUT2D eigenvalue weighted by Gasteiger charge is 2.01. The Kier molecular flexibility index (Phi) is 2.95. The van der Waals surface area contributed by atoms with E-state index in [1.165, 1.54) is 17.4 Å². The summed E-state index contributed by atoms with van der Waals surface area (Å²) in [5.74, 6) is 1.14. The molecule has 0 aliphatic carbocycles. The van der Waals surface area contributed by atoms with Crippen molar-refractivity contribution in [1.29, 1.82) is 0 Å². The van der Waals surface area contributed by atoms with Crippen LogP contribution >= 0.6 is 11.3 Å². The van der Waals surface area contributed by atoms with Gasteiger partial charge in [0, 0.05) is 6.07 Å². The van der Waals surface area contributed by atoms with Crippen molar-refractivity contribution in [2.45, 2.75) is 20.4 Å². The molecule has 0 unspecified atom stereocenters. The Morgan fingerprint density at radius 2 is 2.25 bits per heavy atom. The molecule has 0 bridgehead atoms. The van der Waals surface area contributed by atoms with Gasteiger partial charge in [-0.15, -0.1) is 10.2 Å². The van der Waals surface area contributed by atoms with Crippen LogP contribution in [0, 0.1) is 13.8 Å². The molecule has 2 N–H and O–H groups in total. The quantitative estimate of drug-likeness (QED) is 0.826. The third-order valence-corrected chi connectivity index (χ3v) is 2.69. The molecule has 2 aromatic rings. The molecule has 0 spiro atoms. The van der Waals surface area contributed by atoms with Crippen LogP contribution in [0.1, 0.15) is 15.8 Å². The molecule has 0 saturated heterocycles. The smallest absolute Gasteiger partial charge is 0.252 e. The Hall–Kier alpha value is -1.76. The summed E-state index contributed by atoms with van der Waals surface area (Å²) in [5.41, 5.74) is -0.163. The summed E-state index contributed by atoms with van der Waals surface area (Å²) in [6, 6.07) is 1.42. The molecule has 2 aromatic heterocycles. The molecule has 0 atom stereocenters. The van der Waals surface area contributed by atoms with E-state index in [-0.39, 0.29) is 5.56 Å². The summed E-state index contributed by atoms with van der Waals surface area (Å²) in [4.78, 5) is 17.9. The fraction of sp³-hybridized carbons (Fsp3) is 0.333. The summed E-state index contributed by atoms with van der Waals surface area (Å²) >= 11 is 1.52. The summed E-state index contributed by atoms with van der Waals surface area (Å²) in [6.07, 6.45) is 0. The fourth-order valence-corrected chi connectivity index (χ4v) is 1.89. The molecule has 0 amide bonds. The van der Waals surface area contributed by atoms with Gasteiger partial charge in [-0.1, -0.05) is 11.3 Å². The molecule has 0 aliphatic rings. The second-order valence-corrected chi connectivity index (χ2v) is 4.55. The Labute approximate surface area is 95.8 Å². The Morgan fingerprint density at radius 1 is 1.44 bits per heavy atom. The van der Waals surface area contributed by atoms with Crippen molar-refractivity contribution in [3.05, 3.63) is 32.3 Å². The highest BCUT2D eigenvalue weighted by molar-refractivity contribution is 7.11. The summed E-state index contributed by atoms with van der Waals surface area (Å²) in [7, 11) is 0. The second kappa shape index (κ2) is 4.40. The number of nitrogens with one attached hydrogen (secondary N) is 2. The van der Waals surface area contributed by atoms with E-state index >= 15 is 0 Å². The van der Waals surface area contributed by atoms with Crippen LogP contribution in [-0.2, 0) is 6.54 Å². The molecule has 2 heterocycles. The summed E-state index contributed by atoms with van der Waals surface area (Å²) in [5, 5.41) is 12.7. The molecular weight excluding hydrogens is 226 g/mol. The van der Waals surface area contributed by atoms with Crippen LogP contribution in [0.5, 0.6) is 0 Å². The van der Waals surface area contributed by atoms with Gasteiger partial charge in [0.25, 0.3) is 5.56 Å². The molecule has 84 valence electrons. The molecule has 0 saturated carbocycles. The lowest BCUT2D eigenvalue weighted by molar-refractivity contribution is 0.952. The van der Waals surface area contributed by atoms with Gasteiger partial charge in [-0.25, -0.2) is 4.98 Å². The van der Waals surface area contributed by atoms with Crippen molar-refractivity contribution in [3.8, 4) is 0 Å². The number of hydrogen-bond acceptors (Lipinski definition) is 6. The van der Waals surface area contributed by atoms with E-state index in [0.29, 0.717) is 18.2 Å². The minimum atomic E-state index is -0.163. The van der Waals surface area contributed by atoms with Gasteiger partial charge >= 0.3 is 0 Å². The van der Waals surface area contributed by atoms with Crippen molar-refractivity contribution >= 4 is 17.2 Å². The molecular formula is C9H11N5OS. The fourth-order valence-electron chi connectivity index (χ4n) is 1.25. The zero-order valence-corrected chi connectivity index (χ0v) is 9.76. The van der Waals surface area contributed by atoms with Gasteiger partial charge in [0.1, 0.15) is 21.7 Å². The van der Waals surface area contributed by atoms with Crippen molar-refractivity contribution < 1.29 is 0 Å². The van der Waals surface area contributed by atoms with E-state index in [4.69, 9.17) is 0 Å². The largest absolute Gasteiger partial charge is 0.363 e. The molecule has 0 radical (unpaired) electrons. The zero-order chi connectivity index (χ0) is 11.5. The number of hydrogen-bond donors (Lipinski definition) is 2. The first-order valence-electron chi connectivity index (χ1n) is 4.74. The van der Waals surface area contributed by atoms with E-state index < -0.39 is 0 Å². The minimum Gasteiger partial charge on any atom is -0.363 e. The van der Waals surface area contributed by atoms with Crippen LogP contribution in [0.15, 0.2) is 10.9 Å². The van der Waals surface area contributed by atoms with Gasteiger partial charge in [-0.2, -0.15) is 0 Å². The first-order valence-corrected chi connectivity index (χ1v) is 5.56. The van der Waals surface area contributed by atoms with E-state index in [0.717, 1.165) is 10.0 Å². The Balaban J connectivity index is 2.07. The van der Waals surface area contributed by atoms with Gasteiger partial charge in [0.15, 0.2) is 0 Å². The van der Waals surface area contributed by atoms with Gasteiger partial charge in [-0.05, 0) is 13.8 Å². The van der Waals surface area contributed by atoms with E-state index in [2.05, 4.69) is 25.5 Å². The Morgan fingerprint density at radius 3 is 2.88 bits per heavy atom. The number of rotatable bonds is 3. The third kappa shape index (κ3) is 2.63. The topological polar surface area (TPSA) is 83.6 Å². The predicted molar refractivity (Wildman–Crippen MR) is 61.6 cm³/mol. The van der Waals surface area contributed by atoms with Crippen LogP contribution in [0.4, 0.5) is 5.82 Å². The lowest BCUT2D eigenvalue weighted by atomic mass is 10.5. The molecule has 0 aromatic carbocycles. The van der Waals surface area contributed by atoms with Gasteiger partial charge in [0.05, 0.1) is 6.54 Å². The predicted octanol–water partition coefficient (Wildman–Crippen LogP) is 0.850. The number of nitrogens with zero attached hydrogens (tertiary/aromatic N) is 3. The summed E-state index contributed by atoms with van der Waals surface area (Å²) in [6.45, 7) is 4.17. The van der Waals surface area contributed by atoms with Gasteiger partial charge in [0.2, 0.25) is 0 Å². The standard InChI is InChI=1S/C9H11N5OS/c1-5-11-7(3-8(15)12-5)10-4-9-14-13-6(2)16-9/h3H,4H2,1-2H3,(H2,10,11,12,15). The van der Waals surface area contributed by atoms with Crippen LogP contribution in [0.25, 0.3) is 0 Å². The third-order valence-electron chi connectivity index (χ3n) is 1.85. The minimum absolute atomic E-state index is 0.163. The molecule has 16 heavy (non-hydrogen) atoms. The van der Waals surface area contributed by atoms with E-state index in [9.17, 15) is 4.79 Å². The van der Waals surface area contributed by atoms with Crippen LogP contribution in [0.2, 0.25) is 0 Å². The number of H-pyrrole nitrogens is 1. The summed E-state index contributed by atoms with van der Waals surface area (Å²) < 4.78 is 0. The number of aryl methyl sites for hydroxylation is 2. The van der Waals surface area contributed by atoms with Crippen molar-refractivity contribution in [3.63, 3.8) is 0 Å². The average molecular weight is 237 g/mol. The maximum atomic E-state index is 11.2. The van der Waals surface area contributed by atoms with Gasteiger partial charge < -0.3 is 10.3 Å². The monoisotopic (exact) mass is 237 g/mol. The molecule has 7 heteroatoms. The van der Waals surface area contributed by atoms with Crippen molar-refractivity contribution in [2.24, 2.45) is 0 Å². The number of aromatic amines is 1. The molecule has 2 rings (SSSR count). The Bertz CT molecular complexity index is 547. The van der Waals surface area contributed by atoms with E-state index in [1.807, 2.05) is 6.92 Å². The van der Waals surface area contributed by atoms with Crippen molar-refractivity contribution in [1.82, 2.24) is 20.2 Å². The van der Waals surface area contributed by atoms with Crippen LogP contribution < -0.4 is 10.9 Å². The van der Waals surface area contributed by atoms with Crippen LogP contribution in [-0.4, -0.2) is 20.2 Å². The molecule has 0 fully saturated rings. The zero-order valence-electron chi connectivity index (χ0n) is 8.94. The highest BCUT2D eigenvalue weighted by atomic mass is 32.1. The number of aromatic nitrogens is 4. The van der Waals surface area contributed by atoms with E-state index in [1.54, 1.807) is 6.92 Å². The lowest BCUT2D eigenvalue weighted by Gasteiger charge is -2.02. The SMILES string of the molecule is Cc1nc(NCc2nnc(C)s2)cc(=O)[nH]1. The normalized spacial score (nSPS) is 10.4. The second-order valence-electron chi connectivity index (χ2n) is 3.28. The van der Waals surface area contributed by atoms with Crippen LogP contribution in [0.3, 0.4) is 0 Å². The molecule has 6 nitrogen and oxygen atoms in total. The maximum absolute atomic E-state index is 11.2. The number of anilines is 1. The lowest BCUT2D eigenvalue weighted by Crippen LogP contribution is -2.11. The first kappa shape index (κ1) is 10.7. The molecule has 0 aliphatic heterocycles. The average Bonchev–Trinajstić information content (AvgIpc) is 2.60. The maximum Gasteiger partial charge on any atom is 0.252 e. The first-order chi connectivity index (χ1) is 7.63. The van der Waals surface area contributed by atoms with Crippen molar-refractivity contribution in [2.75, 3.05) is 5.32 Å². The highest BCUT2D eigenvalue weighted by Crippen LogP contribution is 2.09. The van der Waals surface area contributed by atoms with Gasteiger partial charge in [-0.3, -0.25) is 4.79 Å².